The van der Waals surface area contributed by atoms with Crippen LogP contribution in [-0.4, -0.2) is 50.4 Å². The molecule has 1 saturated heterocycles. The molecule has 0 bridgehead atoms. The van der Waals surface area contributed by atoms with Crippen LogP contribution in [-0.2, 0) is 4.79 Å². The first kappa shape index (κ1) is 19.7. The van der Waals surface area contributed by atoms with Gasteiger partial charge in [-0.05, 0) is 49.6 Å². The van der Waals surface area contributed by atoms with Crippen molar-refractivity contribution in [2.45, 2.75) is 19.3 Å². The predicted octanol–water partition coefficient (Wildman–Crippen LogP) is 3.43. The minimum absolute atomic E-state index is 0.0929. The van der Waals surface area contributed by atoms with E-state index in [0.29, 0.717) is 11.3 Å². The zero-order valence-corrected chi connectivity index (χ0v) is 16.6. The minimum Gasteiger partial charge on any atom is -0.374 e. The summed E-state index contributed by atoms with van der Waals surface area (Å²) in [7, 11) is 3.41. The lowest BCUT2D eigenvalue weighted by Gasteiger charge is -2.30. The van der Waals surface area contributed by atoms with E-state index < -0.39 is 0 Å². The first-order valence-corrected chi connectivity index (χ1v) is 9.74. The molecule has 2 N–H and O–H groups in total. The topological polar surface area (TPSA) is 64.7 Å². The maximum absolute atomic E-state index is 12.4. The zero-order chi connectivity index (χ0) is 19.9. The van der Waals surface area contributed by atoms with Crippen LogP contribution in [0.25, 0.3) is 0 Å². The molecule has 3 rings (SSSR count). The van der Waals surface area contributed by atoms with E-state index in [-0.39, 0.29) is 18.4 Å². The summed E-state index contributed by atoms with van der Waals surface area (Å²) < 4.78 is 0. The summed E-state index contributed by atoms with van der Waals surface area (Å²) in [5.41, 5.74) is 3.28. The number of hydrogen-bond acceptors (Lipinski definition) is 4. The van der Waals surface area contributed by atoms with E-state index in [0.717, 1.165) is 24.5 Å². The van der Waals surface area contributed by atoms with Crippen LogP contribution in [0.3, 0.4) is 0 Å². The lowest BCUT2D eigenvalue weighted by molar-refractivity contribution is -0.114. The molecule has 2 amide bonds. The Kier molecular flexibility index (Phi) is 6.53. The summed E-state index contributed by atoms with van der Waals surface area (Å²) in [4.78, 5) is 28.4. The van der Waals surface area contributed by atoms with E-state index in [1.165, 1.54) is 24.2 Å². The Morgan fingerprint density at radius 3 is 2.50 bits per heavy atom. The lowest BCUT2D eigenvalue weighted by Crippen LogP contribution is -2.30. The largest absolute Gasteiger partial charge is 0.374 e. The first-order chi connectivity index (χ1) is 13.5. The van der Waals surface area contributed by atoms with E-state index in [2.05, 4.69) is 21.6 Å². The molecule has 0 saturated carbocycles. The predicted molar refractivity (Wildman–Crippen MR) is 114 cm³/mol. The second-order valence-corrected chi connectivity index (χ2v) is 7.25. The van der Waals surface area contributed by atoms with Crippen molar-refractivity contribution in [1.29, 1.82) is 0 Å². The van der Waals surface area contributed by atoms with E-state index >= 15 is 0 Å². The van der Waals surface area contributed by atoms with Gasteiger partial charge in [0, 0.05) is 38.4 Å². The van der Waals surface area contributed by atoms with Gasteiger partial charge in [0.25, 0.3) is 5.91 Å². The molecule has 6 nitrogen and oxygen atoms in total. The van der Waals surface area contributed by atoms with Crippen molar-refractivity contribution in [3.8, 4) is 0 Å². The summed E-state index contributed by atoms with van der Waals surface area (Å²) >= 11 is 0. The average molecular weight is 380 g/mol. The Bertz CT molecular complexity index is 829. The van der Waals surface area contributed by atoms with E-state index in [1.54, 1.807) is 38.4 Å². The van der Waals surface area contributed by atoms with Gasteiger partial charge >= 0.3 is 0 Å². The van der Waals surface area contributed by atoms with Crippen LogP contribution >= 0.6 is 0 Å². The van der Waals surface area contributed by atoms with Gasteiger partial charge in [-0.15, -0.1) is 0 Å². The summed E-state index contributed by atoms with van der Waals surface area (Å²) in [5, 5.41) is 6.12. The number of benzene rings is 2. The molecular formula is C22H28N4O2. The first-order valence-electron chi connectivity index (χ1n) is 9.74. The maximum Gasteiger partial charge on any atom is 0.253 e. The van der Waals surface area contributed by atoms with Gasteiger partial charge < -0.3 is 20.4 Å². The summed E-state index contributed by atoms with van der Waals surface area (Å²) in [5.74, 6) is -0.243. The molecule has 0 atom stereocenters. The van der Waals surface area contributed by atoms with E-state index in [9.17, 15) is 9.59 Å². The number of hydrogen-bond donors (Lipinski definition) is 2. The second kappa shape index (κ2) is 9.26. The third kappa shape index (κ3) is 5.03. The number of para-hydroxylation sites is 2. The molecule has 1 aliphatic rings. The summed E-state index contributed by atoms with van der Waals surface area (Å²) in [6.45, 7) is 2.27. The molecule has 0 spiro atoms. The zero-order valence-electron chi connectivity index (χ0n) is 16.6. The van der Waals surface area contributed by atoms with E-state index in [4.69, 9.17) is 0 Å². The molecule has 148 valence electrons. The van der Waals surface area contributed by atoms with Crippen LogP contribution in [0.5, 0.6) is 0 Å². The summed E-state index contributed by atoms with van der Waals surface area (Å²) in [6.07, 6.45) is 3.69. The second-order valence-electron chi connectivity index (χ2n) is 7.25. The fraction of sp³-hybridized carbons (Fsp3) is 0.364. The smallest absolute Gasteiger partial charge is 0.253 e. The number of rotatable bonds is 6. The number of carbonyl (C=O) groups excluding carboxylic acids is 2. The highest BCUT2D eigenvalue weighted by Crippen LogP contribution is 2.28. The number of piperidine rings is 1. The lowest BCUT2D eigenvalue weighted by atomic mass is 10.1. The van der Waals surface area contributed by atoms with E-state index in [1.807, 2.05) is 18.2 Å². The van der Waals surface area contributed by atoms with Crippen LogP contribution in [0.4, 0.5) is 17.1 Å². The van der Waals surface area contributed by atoms with Gasteiger partial charge in [-0.25, -0.2) is 0 Å². The van der Waals surface area contributed by atoms with Gasteiger partial charge in [0.2, 0.25) is 5.91 Å². The fourth-order valence-corrected chi connectivity index (χ4v) is 3.40. The molecule has 28 heavy (non-hydrogen) atoms. The number of carbonyl (C=O) groups is 2. The molecule has 0 unspecified atom stereocenters. The molecule has 0 radical (unpaired) electrons. The van der Waals surface area contributed by atoms with Gasteiger partial charge in [0.1, 0.15) is 0 Å². The highest BCUT2D eigenvalue weighted by Gasteiger charge is 2.15. The fourth-order valence-electron chi connectivity index (χ4n) is 3.40. The molecule has 6 heteroatoms. The number of amides is 2. The molecule has 1 fully saturated rings. The standard InChI is InChI=1S/C22H28N4O2/c1-25(2)22(28)17-9-8-10-18(15-17)24-21(27)16-23-19-11-4-5-12-20(19)26-13-6-3-7-14-26/h4-5,8-12,15,23H,3,6-7,13-14,16H2,1-2H3,(H,24,27). The number of nitrogens with zero attached hydrogens (tertiary/aromatic N) is 2. The van der Waals surface area contributed by atoms with Crippen LogP contribution in [0.1, 0.15) is 29.6 Å². The van der Waals surface area contributed by atoms with Crippen LogP contribution in [0, 0.1) is 0 Å². The average Bonchev–Trinajstić information content (AvgIpc) is 2.72. The Morgan fingerprint density at radius 2 is 1.75 bits per heavy atom. The highest BCUT2D eigenvalue weighted by atomic mass is 16.2. The number of nitrogens with one attached hydrogen (secondary N) is 2. The molecular weight excluding hydrogens is 352 g/mol. The SMILES string of the molecule is CN(C)C(=O)c1cccc(NC(=O)CNc2ccccc2N2CCCCC2)c1. The van der Waals surface area contributed by atoms with Gasteiger partial charge in [-0.2, -0.15) is 0 Å². The molecule has 0 aliphatic carbocycles. The van der Waals surface area contributed by atoms with Gasteiger partial charge in [0.15, 0.2) is 0 Å². The Morgan fingerprint density at radius 1 is 1.00 bits per heavy atom. The van der Waals surface area contributed by atoms with Crippen molar-refractivity contribution in [2.24, 2.45) is 0 Å². The molecule has 0 aromatic heterocycles. The third-order valence-electron chi connectivity index (χ3n) is 4.84. The van der Waals surface area contributed by atoms with Crippen molar-refractivity contribution in [1.82, 2.24) is 4.90 Å². The minimum atomic E-state index is -0.150. The molecule has 2 aromatic rings. The quantitative estimate of drug-likeness (QED) is 0.806. The normalized spacial score (nSPS) is 13.7. The number of anilines is 3. The van der Waals surface area contributed by atoms with Crippen molar-refractivity contribution in [3.63, 3.8) is 0 Å². The van der Waals surface area contributed by atoms with Crippen molar-refractivity contribution >= 4 is 28.9 Å². The van der Waals surface area contributed by atoms with Crippen molar-refractivity contribution < 1.29 is 9.59 Å². The monoisotopic (exact) mass is 380 g/mol. The van der Waals surface area contributed by atoms with Gasteiger partial charge in [-0.3, -0.25) is 9.59 Å². The van der Waals surface area contributed by atoms with Crippen LogP contribution in [0.15, 0.2) is 48.5 Å². The van der Waals surface area contributed by atoms with Crippen molar-refractivity contribution in [2.75, 3.05) is 49.3 Å². The van der Waals surface area contributed by atoms with Crippen LogP contribution in [0.2, 0.25) is 0 Å². The van der Waals surface area contributed by atoms with Crippen LogP contribution < -0.4 is 15.5 Å². The summed E-state index contributed by atoms with van der Waals surface area (Å²) in [6, 6.07) is 15.1. The highest BCUT2D eigenvalue weighted by molar-refractivity contribution is 5.98. The Hall–Kier alpha value is -3.02. The maximum atomic E-state index is 12.4. The molecule has 1 heterocycles. The molecule has 2 aromatic carbocycles. The Balaban J connectivity index is 1.61. The van der Waals surface area contributed by atoms with Gasteiger partial charge in [0.05, 0.1) is 17.9 Å². The Labute approximate surface area is 166 Å². The molecule has 1 aliphatic heterocycles. The van der Waals surface area contributed by atoms with Crippen molar-refractivity contribution in [3.05, 3.63) is 54.1 Å². The van der Waals surface area contributed by atoms with Gasteiger partial charge in [-0.1, -0.05) is 18.2 Å². The third-order valence-corrected chi connectivity index (χ3v) is 4.84.